The van der Waals surface area contributed by atoms with Gasteiger partial charge in [0.05, 0.1) is 4.88 Å². The molecule has 2 aliphatic heterocycles. The Balaban J connectivity index is 0.00000144. The number of hydrogen-bond donors (Lipinski definition) is 1. The number of carbonyl (C=O) groups excluding carboxylic acids is 1. The topological polar surface area (TPSA) is 32.3 Å². The van der Waals surface area contributed by atoms with Crippen molar-refractivity contribution in [1.82, 2.24) is 10.2 Å². The van der Waals surface area contributed by atoms with Crippen LogP contribution >= 0.6 is 23.7 Å². The summed E-state index contributed by atoms with van der Waals surface area (Å²) in [5.41, 5.74) is 0.785. The minimum absolute atomic E-state index is 0. The Kier molecular flexibility index (Phi) is 4.14. The van der Waals surface area contributed by atoms with Crippen molar-refractivity contribution < 1.29 is 9.18 Å². The maximum Gasteiger partial charge on any atom is 0.264 e. The Morgan fingerprint density at radius 3 is 2.64 bits per heavy atom. The van der Waals surface area contributed by atoms with E-state index in [1.54, 1.807) is 6.07 Å². The number of halogens is 2. The molecule has 1 aromatic heterocycles. The van der Waals surface area contributed by atoms with Gasteiger partial charge in [0.2, 0.25) is 0 Å². The Morgan fingerprint density at radius 1 is 1.32 bits per heavy atom. The molecule has 0 radical (unpaired) electrons. The first-order valence-electron chi connectivity index (χ1n) is 7.32. The number of hydrogen-bond acceptors (Lipinski definition) is 3. The Hall–Kier alpha value is -1.17. The fourth-order valence-electron chi connectivity index (χ4n) is 3.62. The summed E-state index contributed by atoms with van der Waals surface area (Å²) in [5, 5.41) is 3.98. The molecule has 0 saturated carbocycles. The van der Waals surface area contributed by atoms with Gasteiger partial charge in [0.15, 0.2) is 0 Å². The largest absolute Gasteiger partial charge is 0.337 e. The standard InChI is InChI=1S/C16H17FN2OS.ClH/c1-9-14-12(17)3-2-4-13(14)21-15(9)16(20)19-7-10-5-18-6-11(10)8-19;/h2-4,10-11,18H,5-8H2,1H3;1H/t10-,11+;. The molecule has 2 fully saturated rings. The normalized spacial score (nSPS) is 23.6. The minimum atomic E-state index is -0.234. The first-order chi connectivity index (χ1) is 10.1. The molecule has 2 saturated heterocycles. The van der Waals surface area contributed by atoms with E-state index < -0.39 is 0 Å². The highest BCUT2D eigenvalue weighted by molar-refractivity contribution is 7.21. The average Bonchev–Trinajstić information content (AvgIpc) is 3.11. The zero-order valence-electron chi connectivity index (χ0n) is 12.3. The SMILES string of the molecule is Cc1c(C(=O)N2C[C@H]3CNC[C@H]3C2)sc2cccc(F)c12.Cl. The number of nitrogens with zero attached hydrogens (tertiary/aromatic N) is 1. The third-order valence-electron chi connectivity index (χ3n) is 4.77. The second-order valence-corrected chi connectivity index (χ2v) is 7.11. The highest BCUT2D eigenvalue weighted by atomic mass is 35.5. The summed E-state index contributed by atoms with van der Waals surface area (Å²) in [6, 6.07) is 5.05. The number of benzene rings is 1. The zero-order chi connectivity index (χ0) is 14.6. The molecule has 6 heteroatoms. The van der Waals surface area contributed by atoms with E-state index in [2.05, 4.69) is 5.32 Å². The molecule has 1 aromatic carbocycles. The van der Waals surface area contributed by atoms with Crippen molar-refractivity contribution >= 4 is 39.7 Å². The Labute approximate surface area is 138 Å². The number of likely N-dealkylation sites (tertiary alicyclic amines) is 1. The minimum Gasteiger partial charge on any atom is -0.337 e. The van der Waals surface area contributed by atoms with Gasteiger partial charge in [-0.05, 0) is 36.5 Å². The molecule has 1 amide bonds. The summed E-state index contributed by atoms with van der Waals surface area (Å²) in [7, 11) is 0. The summed E-state index contributed by atoms with van der Waals surface area (Å²) in [6.07, 6.45) is 0. The monoisotopic (exact) mass is 340 g/mol. The Bertz CT molecular complexity index is 720. The summed E-state index contributed by atoms with van der Waals surface area (Å²) in [5.74, 6) is 1.01. The number of aryl methyl sites for hydroxylation is 1. The van der Waals surface area contributed by atoms with E-state index in [-0.39, 0.29) is 24.1 Å². The quantitative estimate of drug-likeness (QED) is 0.865. The van der Waals surface area contributed by atoms with Gasteiger partial charge in [-0.25, -0.2) is 4.39 Å². The van der Waals surface area contributed by atoms with E-state index in [1.807, 2.05) is 17.9 Å². The average molecular weight is 341 g/mol. The van der Waals surface area contributed by atoms with Crippen molar-refractivity contribution in [1.29, 1.82) is 0 Å². The summed E-state index contributed by atoms with van der Waals surface area (Å²) in [4.78, 5) is 15.4. The van der Waals surface area contributed by atoms with Crippen LogP contribution in [0.3, 0.4) is 0 Å². The van der Waals surface area contributed by atoms with E-state index in [4.69, 9.17) is 0 Å². The lowest BCUT2D eigenvalue weighted by molar-refractivity contribution is 0.0786. The van der Waals surface area contributed by atoms with Gasteiger partial charge in [0, 0.05) is 36.3 Å². The van der Waals surface area contributed by atoms with Gasteiger partial charge >= 0.3 is 0 Å². The number of fused-ring (bicyclic) bond motifs is 2. The maximum absolute atomic E-state index is 14.0. The van der Waals surface area contributed by atoms with Crippen LogP contribution in [-0.4, -0.2) is 37.0 Å². The van der Waals surface area contributed by atoms with Crippen LogP contribution in [0.15, 0.2) is 18.2 Å². The van der Waals surface area contributed by atoms with Crippen LogP contribution in [0, 0.1) is 24.6 Å². The molecular weight excluding hydrogens is 323 g/mol. The predicted octanol–water partition coefficient (Wildman–Crippen LogP) is 3.06. The summed E-state index contributed by atoms with van der Waals surface area (Å²) >= 11 is 1.41. The van der Waals surface area contributed by atoms with E-state index >= 15 is 0 Å². The molecule has 2 aliphatic rings. The number of amides is 1. The number of nitrogens with one attached hydrogen (secondary N) is 1. The van der Waals surface area contributed by atoms with Crippen molar-refractivity contribution in [3.05, 3.63) is 34.5 Å². The summed E-state index contributed by atoms with van der Waals surface area (Å²) < 4.78 is 14.8. The van der Waals surface area contributed by atoms with E-state index in [9.17, 15) is 9.18 Å². The first-order valence-corrected chi connectivity index (χ1v) is 8.14. The van der Waals surface area contributed by atoms with Gasteiger partial charge in [-0.1, -0.05) is 6.07 Å². The molecule has 4 rings (SSSR count). The zero-order valence-corrected chi connectivity index (χ0v) is 13.9. The second kappa shape index (κ2) is 5.80. The van der Waals surface area contributed by atoms with Crippen molar-refractivity contribution in [3.8, 4) is 0 Å². The van der Waals surface area contributed by atoms with Gasteiger partial charge in [0.25, 0.3) is 5.91 Å². The van der Waals surface area contributed by atoms with Crippen LogP contribution in [0.5, 0.6) is 0 Å². The molecule has 3 nitrogen and oxygen atoms in total. The number of carbonyl (C=O) groups is 1. The van der Waals surface area contributed by atoms with Crippen LogP contribution < -0.4 is 5.32 Å². The number of thiophene rings is 1. The lowest BCUT2D eigenvalue weighted by Crippen LogP contribution is -2.31. The third-order valence-corrected chi connectivity index (χ3v) is 6.02. The molecule has 0 spiro atoms. The fourth-order valence-corrected chi connectivity index (χ4v) is 4.81. The van der Waals surface area contributed by atoms with Crippen molar-refractivity contribution in [2.45, 2.75) is 6.92 Å². The van der Waals surface area contributed by atoms with E-state index in [0.717, 1.165) is 36.4 Å². The summed E-state index contributed by atoms with van der Waals surface area (Å²) in [6.45, 7) is 5.52. The van der Waals surface area contributed by atoms with E-state index in [1.165, 1.54) is 17.4 Å². The van der Waals surface area contributed by atoms with Gasteiger partial charge < -0.3 is 10.2 Å². The van der Waals surface area contributed by atoms with Crippen molar-refractivity contribution in [2.75, 3.05) is 26.2 Å². The molecule has 2 aromatic rings. The molecule has 1 N–H and O–H groups in total. The third kappa shape index (κ3) is 2.32. The van der Waals surface area contributed by atoms with Gasteiger partial charge in [-0.2, -0.15) is 0 Å². The number of rotatable bonds is 1. The second-order valence-electron chi connectivity index (χ2n) is 6.06. The first kappa shape index (κ1) is 15.7. The molecule has 0 bridgehead atoms. The molecule has 22 heavy (non-hydrogen) atoms. The molecular formula is C16H18ClFN2OS. The van der Waals surface area contributed by atoms with Crippen LogP contribution in [-0.2, 0) is 0 Å². The molecule has 0 unspecified atom stereocenters. The van der Waals surface area contributed by atoms with Crippen LogP contribution in [0.1, 0.15) is 15.2 Å². The van der Waals surface area contributed by atoms with Crippen LogP contribution in [0.2, 0.25) is 0 Å². The van der Waals surface area contributed by atoms with Gasteiger partial charge in [0.1, 0.15) is 5.82 Å². The molecule has 2 atom stereocenters. The fraction of sp³-hybridized carbons (Fsp3) is 0.438. The molecule has 0 aliphatic carbocycles. The van der Waals surface area contributed by atoms with Gasteiger partial charge in [-0.15, -0.1) is 23.7 Å². The maximum atomic E-state index is 14.0. The van der Waals surface area contributed by atoms with Crippen molar-refractivity contribution in [2.24, 2.45) is 11.8 Å². The van der Waals surface area contributed by atoms with E-state index in [0.29, 0.717) is 22.1 Å². The lowest BCUT2D eigenvalue weighted by atomic mass is 10.0. The predicted molar refractivity (Wildman–Crippen MR) is 89.5 cm³/mol. The molecule has 118 valence electrons. The molecule has 3 heterocycles. The van der Waals surface area contributed by atoms with Crippen LogP contribution in [0.4, 0.5) is 4.39 Å². The van der Waals surface area contributed by atoms with Crippen LogP contribution in [0.25, 0.3) is 10.1 Å². The Morgan fingerprint density at radius 2 is 2.00 bits per heavy atom. The van der Waals surface area contributed by atoms with Crippen molar-refractivity contribution in [3.63, 3.8) is 0 Å². The highest BCUT2D eigenvalue weighted by Gasteiger charge is 2.39. The van der Waals surface area contributed by atoms with Gasteiger partial charge in [-0.3, -0.25) is 4.79 Å². The smallest absolute Gasteiger partial charge is 0.264 e. The lowest BCUT2D eigenvalue weighted by Gasteiger charge is -2.17. The highest BCUT2D eigenvalue weighted by Crippen LogP contribution is 2.35.